The van der Waals surface area contributed by atoms with Gasteiger partial charge in [-0.1, -0.05) is 6.07 Å². The number of hydrogen-bond donors (Lipinski definition) is 1. The molecule has 35 heavy (non-hydrogen) atoms. The van der Waals surface area contributed by atoms with E-state index in [0.717, 1.165) is 12.1 Å². The standard InChI is InChI=1S/C25H34N6O4/c1-6-26-23-27-15-20-21(28-23)29(5)12-13-31(22(20)32)17-8-7-9-18(14-17)34-19-10-11-30(16-19)24(33)35-25(2,3)4/h7-9,14-15,19H,6,10-13,16H2,1-5H3,(H,26,27,28). The average molecular weight is 483 g/mol. The SMILES string of the molecule is CCNc1ncc2c(n1)N(C)CCN(c1cccc(OC3CCN(C(=O)OC(C)(C)C)C3)c1)C2=O. The van der Waals surface area contributed by atoms with Crippen molar-refractivity contribution < 1.29 is 19.1 Å². The number of amides is 2. The number of anilines is 3. The maximum atomic E-state index is 13.4. The van der Waals surface area contributed by atoms with Crippen molar-refractivity contribution >= 4 is 29.5 Å². The Hall–Kier alpha value is -3.56. The molecule has 2 amide bonds. The topological polar surface area (TPSA) is 100 Å². The molecule has 10 nitrogen and oxygen atoms in total. The highest BCUT2D eigenvalue weighted by Crippen LogP contribution is 2.29. The van der Waals surface area contributed by atoms with E-state index < -0.39 is 5.60 Å². The Balaban J connectivity index is 1.47. The molecule has 4 rings (SSSR count). The fourth-order valence-electron chi connectivity index (χ4n) is 4.14. The van der Waals surface area contributed by atoms with Crippen molar-refractivity contribution in [2.24, 2.45) is 0 Å². The van der Waals surface area contributed by atoms with Gasteiger partial charge >= 0.3 is 6.09 Å². The molecule has 0 spiro atoms. The minimum absolute atomic E-state index is 0.137. The zero-order valence-corrected chi connectivity index (χ0v) is 21.1. The molecular formula is C25H34N6O4. The fourth-order valence-corrected chi connectivity index (χ4v) is 4.14. The summed E-state index contributed by atoms with van der Waals surface area (Å²) in [6.07, 6.45) is 1.84. The van der Waals surface area contributed by atoms with E-state index in [-0.39, 0.29) is 18.1 Å². The molecule has 2 aromatic rings. The van der Waals surface area contributed by atoms with Crippen LogP contribution in [0.2, 0.25) is 0 Å². The number of rotatable bonds is 5. The summed E-state index contributed by atoms with van der Waals surface area (Å²) in [5, 5.41) is 3.10. The van der Waals surface area contributed by atoms with Gasteiger partial charge in [-0.3, -0.25) is 4.79 Å². The van der Waals surface area contributed by atoms with Gasteiger partial charge in [0.2, 0.25) is 5.95 Å². The van der Waals surface area contributed by atoms with Crippen molar-refractivity contribution in [3.63, 3.8) is 0 Å². The number of fused-ring (bicyclic) bond motifs is 1. The van der Waals surface area contributed by atoms with Crippen LogP contribution in [-0.4, -0.2) is 78.3 Å². The first-order chi connectivity index (χ1) is 16.6. The molecule has 1 saturated heterocycles. The Morgan fingerprint density at radius 3 is 2.77 bits per heavy atom. The first-order valence-corrected chi connectivity index (χ1v) is 12.0. The van der Waals surface area contributed by atoms with Gasteiger partial charge in [-0.25, -0.2) is 9.78 Å². The minimum atomic E-state index is -0.532. The summed E-state index contributed by atoms with van der Waals surface area (Å²) in [6.45, 7) is 10.4. The predicted molar refractivity (Wildman–Crippen MR) is 134 cm³/mol. The highest BCUT2D eigenvalue weighted by molar-refractivity contribution is 6.09. The summed E-state index contributed by atoms with van der Waals surface area (Å²) in [6, 6.07) is 7.50. The van der Waals surface area contributed by atoms with E-state index in [0.29, 0.717) is 55.8 Å². The number of hydrogen-bond acceptors (Lipinski definition) is 8. The summed E-state index contributed by atoms with van der Waals surface area (Å²) in [7, 11) is 1.92. The van der Waals surface area contributed by atoms with E-state index in [1.54, 1.807) is 16.0 Å². The Morgan fingerprint density at radius 2 is 2.03 bits per heavy atom. The molecule has 1 N–H and O–H groups in total. The van der Waals surface area contributed by atoms with Crippen LogP contribution in [0, 0.1) is 0 Å². The molecule has 1 atom stereocenters. The van der Waals surface area contributed by atoms with Crippen molar-refractivity contribution in [2.45, 2.75) is 45.8 Å². The van der Waals surface area contributed by atoms with E-state index in [2.05, 4.69) is 15.3 Å². The van der Waals surface area contributed by atoms with Gasteiger partial charge in [-0.05, 0) is 39.8 Å². The lowest BCUT2D eigenvalue weighted by atomic mass is 10.2. The summed E-state index contributed by atoms with van der Waals surface area (Å²) in [5.74, 6) is 1.63. The Bertz CT molecular complexity index is 1090. The van der Waals surface area contributed by atoms with Crippen molar-refractivity contribution in [1.82, 2.24) is 14.9 Å². The molecule has 188 valence electrons. The summed E-state index contributed by atoms with van der Waals surface area (Å²) in [4.78, 5) is 40.0. The lowest BCUT2D eigenvalue weighted by Crippen LogP contribution is -2.36. The molecule has 0 radical (unpaired) electrons. The van der Waals surface area contributed by atoms with Crippen LogP contribution in [0.4, 0.5) is 22.2 Å². The number of nitrogens with one attached hydrogen (secondary N) is 1. The summed E-state index contributed by atoms with van der Waals surface area (Å²) < 4.78 is 11.7. The van der Waals surface area contributed by atoms with Crippen LogP contribution >= 0.6 is 0 Å². The predicted octanol–water partition coefficient (Wildman–Crippen LogP) is 3.39. The molecular weight excluding hydrogens is 448 g/mol. The van der Waals surface area contributed by atoms with Gasteiger partial charge in [0, 0.05) is 57.6 Å². The number of likely N-dealkylation sites (N-methyl/N-ethyl adjacent to an activating group) is 1. The van der Waals surface area contributed by atoms with E-state index in [1.807, 2.05) is 63.9 Å². The molecule has 1 fully saturated rings. The van der Waals surface area contributed by atoms with E-state index in [9.17, 15) is 9.59 Å². The van der Waals surface area contributed by atoms with E-state index in [1.165, 1.54) is 0 Å². The number of aromatic nitrogens is 2. The number of nitrogens with zero attached hydrogens (tertiary/aromatic N) is 5. The van der Waals surface area contributed by atoms with Crippen LogP contribution in [-0.2, 0) is 4.74 Å². The number of carbonyl (C=O) groups excluding carboxylic acids is 2. The van der Waals surface area contributed by atoms with Gasteiger partial charge in [-0.15, -0.1) is 0 Å². The maximum absolute atomic E-state index is 13.4. The van der Waals surface area contributed by atoms with Crippen LogP contribution in [0.5, 0.6) is 5.75 Å². The van der Waals surface area contributed by atoms with Crippen molar-refractivity contribution in [2.75, 3.05) is 54.9 Å². The van der Waals surface area contributed by atoms with Gasteiger partial charge in [0.25, 0.3) is 5.91 Å². The third-order valence-corrected chi connectivity index (χ3v) is 5.83. The summed E-state index contributed by atoms with van der Waals surface area (Å²) in [5.41, 5.74) is 0.670. The zero-order chi connectivity index (χ0) is 25.2. The number of carbonyl (C=O) groups is 2. The molecule has 2 aliphatic heterocycles. The second kappa shape index (κ2) is 9.97. The van der Waals surface area contributed by atoms with Crippen LogP contribution in [0.1, 0.15) is 44.5 Å². The average Bonchev–Trinajstić information content (AvgIpc) is 3.22. The normalized spacial score (nSPS) is 18.3. The monoisotopic (exact) mass is 482 g/mol. The Labute approximate surface area is 206 Å². The molecule has 0 bridgehead atoms. The zero-order valence-electron chi connectivity index (χ0n) is 21.1. The van der Waals surface area contributed by atoms with Gasteiger partial charge in [0.05, 0.1) is 6.54 Å². The molecule has 1 aromatic heterocycles. The molecule has 2 aliphatic rings. The molecule has 0 aliphatic carbocycles. The molecule has 1 aromatic carbocycles. The molecule has 1 unspecified atom stereocenters. The molecule has 10 heteroatoms. The van der Waals surface area contributed by atoms with Crippen molar-refractivity contribution in [3.8, 4) is 5.75 Å². The first-order valence-electron chi connectivity index (χ1n) is 12.0. The maximum Gasteiger partial charge on any atom is 0.410 e. The minimum Gasteiger partial charge on any atom is -0.488 e. The van der Waals surface area contributed by atoms with Gasteiger partial charge < -0.3 is 29.5 Å². The van der Waals surface area contributed by atoms with Crippen LogP contribution in [0.25, 0.3) is 0 Å². The van der Waals surface area contributed by atoms with E-state index in [4.69, 9.17) is 9.47 Å². The lowest BCUT2D eigenvalue weighted by Gasteiger charge is -2.24. The van der Waals surface area contributed by atoms with Gasteiger partial charge in [0.15, 0.2) is 0 Å². The van der Waals surface area contributed by atoms with E-state index >= 15 is 0 Å². The Morgan fingerprint density at radius 1 is 1.23 bits per heavy atom. The molecule has 3 heterocycles. The number of likely N-dealkylation sites (tertiary alicyclic amines) is 1. The van der Waals surface area contributed by atoms with Crippen molar-refractivity contribution in [3.05, 3.63) is 36.0 Å². The van der Waals surface area contributed by atoms with Crippen molar-refractivity contribution in [1.29, 1.82) is 0 Å². The smallest absolute Gasteiger partial charge is 0.410 e. The fraction of sp³-hybridized carbons (Fsp3) is 0.520. The van der Waals surface area contributed by atoms with Gasteiger partial charge in [0.1, 0.15) is 28.8 Å². The highest BCUT2D eigenvalue weighted by atomic mass is 16.6. The third-order valence-electron chi connectivity index (χ3n) is 5.83. The lowest BCUT2D eigenvalue weighted by molar-refractivity contribution is 0.0275. The highest BCUT2D eigenvalue weighted by Gasteiger charge is 2.32. The number of benzene rings is 1. The summed E-state index contributed by atoms with van der Waals surface area (Å²) >= 11 is 0. The van der Waals surface area contributed by atoms with Gasteiger partial charge in [-0.2, -0.15) is 4.98 Å². The second-order valence-corrected chi connectivity index (χ2v) is 9.79. The quantitative estimate of drug-likeness (QED) is 0.692. The number of ether oxygens (including phenoxy) is 2. The third kappa shape index (κ3) is 5.75. The largest absolute Gasteiger partial charge is 0.488 e. The molecule has 0 saturated carbocycles. The first kappa shape index (κ1) is 24.6. The van der Waals surface area contributed by atoms with Crippen LogP contribution < -0.4 is 19.9 Å². The second-order valence-electron chi connectivity index (χ2n) is 9.79. The van der Waals surface area contributed by atoms with Crippen LogP contribution in [0.15, 0.2) is 30.5 Å². The van der Waals surface area contributed by atoms with Crippen LogP contribution in [0.3, 0.4) is 0 Å². The Kier molecular flexibility index (Phi) is 7.00.